The van der Waals surface area contributed by atoms with Gasteiger partial charge in [-0.1, -0.05) is 12.1 Å². The van der Waals surface area contributed by atoms with Crippen LogP contribution < -0.4 is 10.2 Å². The summed E-state index contributed by atoms with van der Waals surface area (Å²) in [7, 11) is 1.68. The van der Waals surface area contributed by atoms with Gasteiger partial charge < -0.3 is 10.2 Å². The molecule has 2 aromatic heterocycles. The van der Waals surface area contributed by atoms with E-state index in [1.54, 1.807) is 7.05 Å². The van der Waals surface area contributed by atoms with Crippen LogP contribution in [0.15, 0.2) is 30.3 Å². The SMILES string of the molecule is CCn1nc(C)c(-c2ccc(N3CCc4cccc(C(=O)NC)c4C3)nc2C)c1C. The number of nitrogens with zero attached hydrogens (tertiary/aromatic N) is 4. The molecular weight excluding hydrogens is 374 g/mol. The van der Waals surface area contributed by atoms with Gasteiger partial charge in [0.15, 0.2) is 0 Å². The molecule has 0 saturated carbocycles. The van der Waals surface area contributed by atoms with Gasteiger partial charge in [-0.25, -0.2) is 4.98 Å². The van der Waals surface area contributed by atoms with Crippen LogP contribution in [0, 0.1) is 20.8 Å². The highest BCUT2D eigenvalue weighted by Crippen LogP contribution is 2.32. The number of fused-ring (bicyclic) bond motifs is 1. The summed E-state index contributed by atoms with van der Waals surface area (Å²) in [6.45, 7) is 10.8. The van der Waals surface area contributed by atoms with Crippen molar-refractivity contribution in [3.05, 3.63) is 64.1 Å². The van der Waals surface area contributed by atoms with Crippen molar-refractivity contribution < 1.29 is 4.79 Å². The monoisotopic (exact) mass is 403 g/mol. The van der Waals surface area contributed by atoms with Crippen LogP contribution >= 0.6 is 0 Å². The molecular formula is C24H29N5O. The lowest BCUT2D eigenvalue weighted by Gasteiger charge is -2.31. The molecule has 30 heavy (non-hydrogen) atoms. The summed E-state index contributed by atoms with van der Waals surface area (Å²) in [6.07, 6.45) is 0.907. The molecule has 156 valence electrons. The van der Waals surface area contributed by atoms with E-state index in [2.05, 4.69) is 61.2 Å². The largest absolute Gasteiger partial charge is 0.355 e. The van der Waals surface area contributed by atoms with Gasteiger partial charge in [0.1, 0.15) is 5.82 Å². The fraction of sp³-hybridized carbons (Fsp3) is 0.375. The predicted molar refractivity (Wildman–Crippen MR) is 120 cm³/mol. The van der Waals surface area contributed by atoms with Crippen molar-refractivity contribution >= 4 is 11.7 Å². The van der Waals surface area contributed by atoms with Gasteiger partial charge in [-0.05, 0) is 63.4 Å². The highest BCUT2D eigenvalue weighted by Gasteiger charge is 2.23. The number of rotatable bonds is 4. The van der Waals surface area contributed by atoms with Crippen molar-refractivity contribution in [3.8, 4) is 11.1 Å². The van der Waals surface area contributed by atoms with Gasteiger partial charge in [-0.15, -0.1) is 0 Å². The van der Waals surface area contributed by atoms with Crippen LogP contribution in [-0.4, -0.2) is 34.3 Å². The molecule has 1 N–H and O–H groups in total. The van der Waals surface area contributed by atoms with Crippen molar-refractivity contribution in [3.63, 3.8) is 0 Å². The molecule has 0 spiro atoms. The topological polar surface area (TPSA) is 63.1 Å². The van der Waals surface area contributed by atoms with E-state index in [1.807, 2.05) is 16.8 Å². The average Bonchev–Trinajstić information content (AvgIpc) is 3.05. The molecule has 1 aromatic carbocycles. The van der Waals surface area contributed by atoms with E-state index in [9.17, 15) is 4.79 Å². The molecule has 1 amide bonds. The summed E-state index contributed by atoms with van der Waals surface area (Å²) in [5, 5.41) is 7.42. The minimum atomic E-state index is -0.0351. The standard InChI is InChI=1S/C24H29N5O/c1-6-29-17(4)23(16(3)27-29)19-10-11-22(26-15(19)2)28-13-12-18-8-7-9-20(21(18)14-28)24(30)25-5/h7-11H,6,12-14H2,1-5H3,(H,25,30). The fourth-order valence-electron chi connectivity index (χ4n) is 4.51. The lowest BCUT2D eigenvalue weighted by atomic mass is 9.94. The molecule has 0 aliphatic carbocycles. The number of amides is 1. The van der Waals surface area contributed by atoms with Crippen LogP contribution in [0.1, 0.15) is 45.5 Å². The van der Waals surface area contributed by atoms with Crippen molar-refractivity contribution in [2.45, 2.75) is 47.2 Å². The van der Waals surface area contributed by atoms with Crippen molar-refractivity contribution in [1.82, 2.24) is 20.1 Å². The lowest BCUT2D eigenvalue weighted by molar-refractivity contribution is 0.0962. The molecule has 1 aliphatic heterocycles. The van der Waals surface area contributed by atoms with E-state index in [0.29, 0.717) is 6.54 Å². The van der Waals surface area contributed by atoms with E-state index in [1.165, 1.54) is 16.8 Å². The Morgan fingerprint density at radius 1 is 1.13 bits per heavy atom. The number of hydrogen-bond donors (Lipinski definition) is 1. The fourth-order valence-corrected chi connectivity index (χ4v) is 4.51. The molecule has 0 atom stereocenters. The zero-order chi connectivity index (χ0) is 21.4. The van der Waals surface area contributed by atoms with Crippen LogP contribution in [0.2, 0.25) is 0 Å². The second-order valence-electron chi connectivity index (χ2n) is 7.86. The Balaban J connectivity index is 1.67. The lowest BCUT2D eigenvalue weighted by Crippen LogP contribution is -2.33. The van der Waals surface area contributed by atoms with E-state index < -0.39 is 0 Å². The van der Waals surface area contributed by atoms with Gasteiger partial charge in [-0.2, -0.15) is 5.10 Å². The number of hydrogen-bond acceptors (Lipinski definition) is 4. The quantitative estimate of drug-likeness (QED) is 0.719. The molecule has 0 radical (unpaired) electrons. The van der Waals surface area contributed by atoms with Crippen molar-refractivity contribution in [2.75, 3.05) is 18.5 Å². The maximum absolute atomic E-state index is 12.3. The van der Waals surface area contributed by atoms with Crippen molar-refractivity contribution in [1.29, 1.82) is 0 Å². The summed E-state index contributed by atoms with van der Waals surface area (Å²) in [4.78, 5) is 19.5. The first-order valence-corrected chi connectivity index (χ1v) is 10.5. The molecule has 3 aromatic rings. The Bertz CT molecular complexity index is 1120. The third-order valence-electron chi connectivity index (χ3n) is 6.09. The number of aromatic nitrogens is 3. The average molecular weight is 404 g/mol. The van der Waals surface area contributed by atoms with Gasteiger partial charge in [0.2, 0.25) is 0 Å². The first kappa shape index (κ1) is 20.1. The summed E-state index contributed by atoms with van der Waals surface area (Å²) >= 11 is 0. The molecule has 6 heteroatoms. The molecule has 0 saturated heterocycles. The van der Waals surface area contributed by atoms with E-state index in [4.69, 9.17) is 4.98 Å². The minimum Gasteiger partial charge on any atom is -0.355 e. The first-order chi connectivity index (χ1) is 14.4. The van der Waals surface area contributed by atoms with Crippen LogP contribution in [0.4, 0.5) is 5.82 Å². The maximum atomic E-state index is 12.3. The Hall–Kier alpha value is -3.15. The first-order valence-electron chi connectivity index (χ1n) is 10.5. The zero-order valence-corrected chi connectivity index (χ0v) is 18.4. The Labute approximate surface area is 177 Å². The Morgan fingerprint density at radius 3 is 2.60 bits per heavy atom. The van der Waals surface area contributed by atoms with Gasteiger partial charge >= 0.3 is 0 Å². The van der Waals surface area contributed by atoms with Crippen LogP contribution in [0.3, 0.4) is 0 Å². The van der Waals surface area contributed by atoms with Crippen LogP contribution in [-0.2, 0) is 19.5 Å². The second kappa shape index (κ2) is 7.94. The van der Waals surface area contributed by atoms with Gasteiger partial charge in [0.05, 0.1) is 5.69 Å². The summed E-state index contributed by atoms with van der Waals surface area (Å²) < 4.78 is 2.04. The number of aryl methyl sites for hydroxylation is 3. The van der Waals surface area contributed by atoms with Crippen LogP contribution in [0.5, 0.6) is 0 Å². The molecule has 3 heterocycles. The predicted octanol–water partition coefficient (Wildman–Crippen LogP) is 3.81. The second-order valence-corrected chi connectivity index (χ2v) is 7.86. The molecule has 1 aliphatic rings. The molecule has 0 fully saturated rings. The van der Waals surface area contributed by atoms with Crippen molar-refractivity contribution in [2.24, 2.45) is 0 Å². The highest BCUT2D eigenvalue weighted by atomic mass is 16.1. The normalized spacial score (nSPS) is 13.3. The smallest absolute Gasteiger partial charge is 0.251 e. The molecule has 6 nitrogen and oxygen atoms in total. The summed E-state index contributed by atoms with van der Waals surface area (Å²) in [5.74, 6) is 0.916. The third kappa shape index (κ3) is 3.36. The Kier molecular flexibility index (Phi) is 5.33. The number of carbonyl (C=O) groups is 1. The van der Waals surface area contributed by atoms with E-state index in [0.717, 1.165) is 53.4 Å². The summed E-state index contributed by atoms with van der Waals surface area (Å²) in [5.41, 5.74) is 8.63. The highest BCUT2D eigenvalue weighted by molar-refractivity contribution is 5.96. The van der Waals surface area contributed by atoms with E-state index >= 15 is 0 Å². The maximum Gasteiger partial charge on any atom is 0.251 e. The molecule has 0 bridgehead atoms. The molecule has 4 rings (SSSR count). The number of nitrogens with one attached hydrogen (secondary N) is 1. The minimum absolute atomic E-state index is 0.0351. The number of pyridine rings is 1. The summed E-state index contributed by atoms with van der Waals surface area (Å²) in [6, 6.07) is 10.3. The van der Waals surface area contributed by atoms with Gasteiger partial charge in [0, 0.05) is 54.8 Å². The number of benzene rings is 1. The van der Waals surface area contributed by atoms with Gasteiger partial charge in [-0.3, -0.25) is 9.48 Å². The number of carbonyl (C=O) groups excluding carboxylic acids is 1. The third-order valence-corrected chi connectivity index (χ3v) is 6.09. The van der Waals surface area contributed by atoms with Crippen LogP contribution in [0.25, 0.3) is 11.1 Å². The number of anilines is 1. The zero-order valence-electron chi connectivity index (χ0n) is 18.4. The van der Waals surface area contributed by atoms with E-state index in [-0.39, 0.29) is 5.91 Å². The van der Waals surface area contributed by atoms with Gasteiger partial charge in [0.25, 0.3) is 5.91 Å². The Morgan fingerprint density at radius 2 is 1.93 bits per heavy atom. The molecule has 0 unspecified atom stereocenters.